The predicted molar refractivity (Wildman–Crippen MR) is 194 cm³/mol. The van der Waals surface area contributed by atoms with Crippen LogP contribution in [0.1, 0.15) is 162 Å². The van der Waals surface area contributed by atoms with Gasteiger partial charge in [-0.3, -0.25) is 9.59 Å². The molecular weight excluding hydrogens is 606 g/mol. The number of carboxylic acid groups (broad SMARTS) is 1. The molecule has 0 amide bonds. The Hall–Kier alpha value is -2.19. The number of nitrogens with zero attached hydrogens (tertiary/aromatic N) is 1. The van der Waals surface area contributed by atoms with Gasteiger partial charge in [-0.1, -0.05) is 128 Å². The number of carbonyl (C=O) groups is 3. The quantitative estimate of drug-likeness (QED) is 0.0291. The van der Waals surface area contributed by atoms with Crippen molar-refractivity contribution in [1.82, 2.24) is 0 Å². The number of hydrogen-bond donors (Lipinski definition) is 0. The minimum absolute atomic E-state index is 0.0413. The van der Waals surface area contributed by atoms with Crippen molar-refractivity contribution in [3.05, 3.63) is 24.3 Å². The van der Waals surface area contributed by atoms with Crippen LogP contribution in [0.15, 0.2) is 24.3 Å². The lowest BCUT2D eigenvalue weighted by Crippen LogP contribution is -2.55. The van der Waals surface area contributed by atoms with Crippen molar-refractivity contribution in [2.24, 2.45) is 0 Å². The van der Waals surface area contributed by atoms with Crippen LogP contribution in [0, 0.1) is 0 Å². The summed E-state index contributed by atoms with van der Waals surface area (Å²) in [5, 5.41) is 11.6. The molecule has 0 rings (SSSR count). The number of carboxylic acids is 1. The summed E-state index contributed by atoms with van der Waals surface area (Å²) in [5.74, 6) is -1.75. The average Bonchev–Trinajstić information content (AvgIpc) is 3.03. The second-order valence-electron chi connectivity index (χ2n) is 14.1. The molecule has 0 bridgehead atoms. The molecule has 0 saturated carbocycles. The number of aliphatic carboxylic acids is 1. The molecular formula is C40H73NO7. The Morgan fingerprint density at radius 1 is 0.646 bits per heavy atom. The smallest absolute Gasteiger partial charge is 0.306 e. The summed E-state index contributed by atoms with van der Waals surface area (Å²) < 4.78 is 17.1. The number of quaternary nitrogens is 1. The molecule has 0 aromatic heterocycles. The van der Waals surface area contributed by atoms with E-state index in [-0.39, 0.29) is 42.7 Å². The van der Waals surface area contributed by atoms with Crippen LogP contribution >= 0.6 is 0 Å². The van der Waals surface area contributed by atoms with Crippen LogP contribution in [0.4, 0.5) is 0 Å². The molecule has 0 N–H and O–H groups in total. The molecule has 8 heteroatoms. The molecule has 0 aliphatic rings. The summed E-state index contributed by atoms with van der Waals surface area (Å²) in [6, 6.07) is -0.722. The van der Waals surface area contributed by atoms with E-state index in [2.05, 4.69) is 38.2 Å². The summed E-state index contributed by atoms with van der Waals surface area (Å²) >= 11 is 0. The van der Waals surface area contributed by atoms with E-state index in [0.717, 1.165) is 57.8 Å². The Kier molecular flexibility index (Phi) is 30.6. The van der Waals surface area contributed by atoms with Gasteiger partial charge in [-0.15, -0.1) is 0 Å². The zero-order valence-electron chi connectivity index (χ0n) is 31.7. The lowest BCUT2D eigenvalue weighted by molar-refractivity contribution is -0.889. The average molecular weight is 680 g/mol. The number of rotatable bonds is 34. The second-order valence-corrected chi connectivity index (χ2v) is 14.1. The van der Waals surface area contributed by atoms with Gasteiger partial charge >= 0.3 is 11.9 Å². The number of unbranched alkanes of at least 4 members (excludes halogenated alkanes) is 16. The van der Waals surface area contributed by atoms with Crippen molar-refractivity contribution in [1.29, 1.82) is 0 Å². The topological polar surface area (TPSA) is 102 Å². The second kappa shape index (κ2) is 32.0. The SMILES string of the molecule is CC/C=C/C/C=C/CCCCCCCCCC(=O)OCC(COCCC(C(=O)[O-])[N+](C)(C)C)OC(=O)CCCCCCCCCCCC. The first-order valence-electron chi connectivity index (χ1n) is 19.4. The zero-order valence-corrected chi connectivity index (χ0v) is 31.7. The van der Waals surface area contributed by atoms with E-state index in [4.69, 9.17) is 14.2 Å². The van der Waals surface area contributed by atoms with Gasteiger partial charge in [0.1, 0.15) is 12.6 Å². The van der Waals surface area contributed by atoms with Gasteiger partial charge in [-0.2, -0.15) is 0 Å². The van der Waals surface area contributed by atoms with E-state index < -0.39 is 18.1 Å². The van der Waals surface area contributed by atoms with Crippen LogP contribution in [0.25, 0.3) is 0 Å². The number of allylic oxidation sites excluding steroid dienone is 4. The molecule has 0 aromatic rings. The highest BCUT2D eigenvalue weighted by molar-refractivity contribution is 5.70. The third kappa shape index (κ3) is 29.9. The number of carbonyl (C=O) groups excluding carboxylic acids is 3. The number of esters is 2. The van der Waals surface area contributed by atoms with Crippen LogP contribution in [0.2, 0.25) is 0 Å². The van der Waals surface area contributed by atoms with Crippen molar-refractivity contribution < 1.29 is 38.2 Å². The first-order chi connectivity index (χ1) is 23.1. The van der Waals surface area contributed by atoms with Crippen molar-refractivity contribution in [3.63, 3.8) is 0 Å². The lowest BCUT2D eigenvalue weighted by atomic mass is 10.1. The fraction of sp³-hybridized carbons (Fsp3) is 0.825. The Bertz CT molecular complexity index is 849. The molecule has 48 heavy (non-hydrogen) atoms. The van der Waals surface area contributed by atoms with E-state index in [1.807, 2.05) is 0 Å². The van der Waals surface area contributed by atoms with E-state index in [9.17, 15) is 19.5 Å². The number of likely N-dealkylation sites (N-methyl/N-ethyl adjacent to an activating group) is 1. The summed E-state index contributed by atoms with van der Waals surface area (Å²) in [6.07, 6.45) is 32.0. The van der Waals surface area contributed by atoms with Gasteiger partial charge in [0.2, 0.25) is 0 Å². The standard InChI is InChI=1S/C40H73NO7/c1-6-8-10-12-14-16-18-19-20-21-23-24-26-28-30-38(42)47-35-36(34-46-33-32-37(40(44)45)41(3,4)5)48-39(43)31-29-27-25-22-17-15-13-11-9-7-2/h8,10,14,16,36-37H,6-7,9,11-13,15,17-35H2,1-5H3/b10-8+,16-14+. The first-order valence-corrected chi connectivity index (χ1v) is 19.4. The molecule has 0 fully saturated rings. The molecule has 0 saturated heterocycles. The Morgan fingerprint density at radius 2 is 1.17 bits per heavy atom. The maximum atomic E-state index is 12.6. The highest BCUT2D eigenvalue weighted by Gasteiger charge is 2.25. The summed E-state index contributed by atoms with van der Waals surface area (Å²) in [5.41, 5.74) is 0. The van der Waals surface area contributed by atoms with Gasteiger partial charge < -0.3 is 28.6 Å². The van der Waals surface area contributed by atoms with Crippen molar-refractivity contribution in [2.45, 2.75) is 174 Å². The minimum atomic E-state index is -1.13. The molecule has 0 aromatic carbocycles. The molecule has 2 atom stereocenters. The van der Waals surface area contributed by atoms with Gasteiger partial charge in [0.25, 0.3) is 0 Å². The highest BCUT2D eigenvalue weighted by atomic mass is 16.6. The third-order valence-corrected chi connectivity index (χ3v) is 8.60. The summed E-state index contributed by atoms with van der Waals surface area (Å²) in [7, 11) is 5.39. The largest absolute Gasteiger partial charge is 0.544 e. The maximum absolute atomic E-state index is 12.6. The van der Waals surface area contributed by atoms with E-state index in [1.54, 1.807) is 21.1 Å². The van der Waals surface area contributed by atoms with Crippen molar-refractivity contribution in [2.75, 3.05) is 41.0 Å². The Morgan fingerprint density at radius 3 is 1.71 bits per heavy atom. The molecule has 0 heterocycles. The molecule has 0 spiro atoms. The fourth-order valence-electron chi connectivity index (χ4n) is 5.58. The predicted octanol–water partition coefficient (Wildman–Crippen LogP) is 8.41. The summed E-state index contributed by atoms with van der Waals surface area (Å²) in [6.45, 7) is 4.53. The fourth-order valence-corrected chi connectivity index (χ4v) is 5.58. The van der Waals surface area contributed by atoms with Crippen LogP contribution in [0.3, 0.4) is 0 Å². The Balaban J connectivity index is 4.39. The normalized spacial score (nSPS) is 13.3. The van der Waals surface area contributed by atoms with Crippen LogP contribution in [-0.4, -0.2) is 75.5 Å². The number of ether oxygens (including phenoxy) is 3. The van der Waals surface area contributed by atoms with Crippen LogP contribution in [-0.2, 0) is 28.6 Å². The van der Waals surface area contributed by atoms with E-state index in [1.165, 1.54) is 70.6 Å². The highest BCUT2D eigenvalue weighted by Crippen LogP contribution is 2.14. The van der Waals surface area contributed by atoms with Gasteiger partial charge in [0.15, 0.2) is 6.10 Å². The molecule has 0 radical (unpaired) electrons. The van der Waals surface area contributed by atoms with E-state index >= 15 is 0 Å². The summed E-state index contributed by atoms with van der Waals surface area (Å²) in [4.78, 5) is 36.6. The monoisotopic (exact) mass is 680 g/mol. The third-order valence-electron chi connectivity index (χ3n) is 8.60. The maximum Gasteiger partial charge on any atom is 0.306 e. The molecule has 280 valence electrons. The minimum Gasteiger partial charge on any atom is -0.544 e. The first kappa shape index (κ1) is 45.8. The van der Waals surface area contributed by atoms with Crippen molar-refractivity contribution >= 4 is 17.9 Å². The van der Waals surface area contributed by atoms with Gasteiger partial charge in [0.05, 0.1) is 40.3 Å². The van der Waals surface area contributed by atoms with Crippen LogP contribution < -0.4 is 5.11 Å². The van der Waals surface area contributed by atoms with E-state index in [0.29, 0.717) is 12.8 Å². The Labute approximate surface area is 294 Å². The van der Waals surface area contributed by atoms with Gasteiger partial charge in [-0.05, 0) is 38.5 Å². The molecule has 2 unspecified atom stereocenters. The van der Waals surface area contributed by atoms with Gasteiger partial charge in [-0.25, -0.2) is 0 Å². The zero-order chi connectivity index (χ0) is 35.7. The van der Waals surface area contributed by atoms with Gasteiger partial charge in [0, 0.05) is 19.3 Å². The van der Waals surface area contributed by atoms with Crippen LogP contribution in [0.5, 0.6) is 0 Å². The molecule has 0 aliphatic carbocycles. The lowest BCUT2D eigenvalue weighted by Gasteiger charge is -2.34. The molecule has 8 nitrogen and oxygen atoms in total. The van der Waals surface area contributed by atoms with Crippen molar-refractivity contribution in [3.8, 4) is 0 Å². The molecule has 0 aliphatic heterocycles. The number of hydrogen-bond acceptors (Lipinski definition) is 7.